The Morgan fingerprint density at radius 2 is 2.33 bits per heavy atom. The van der Waals surface area contributed by atoms with Crippen LogP contribution in [0, 0.1) is 0 Å². The summed E-state index contributed by atoms with van der Waals surface area (Å²) < 4.78 is 0. The highest BCUT2D eigenvalue weighted by atomic mass is 32.1. The molecule has 0 bridgehead atoms. The minimum absolute atomic E-state index is 0.255. The summed E-state index contributed by atoms with van der Waals surface area (Å²) in [6, 6.07) is 1.08. The number of urea groups is 1. The number of aliphatic carboxylic acids is 1. The van der Waals surface area contributed by atoms with Crippen LogP contribution in [-0.4, -0.2) is 34.1 Å². The highest BCUT2D eigenvalue weighted by Crippen LogP contribution is 2.28. The van der Waals surface area contributed by atoms with E-state index in [-0.39, 0.29) is 12.1 Å². The fraction of sp³-hybridized carbons (Fsp3) is 0.500. The summed E-state index contributed by atoms with van der Waals surface area (Å²) in [6.07, 6.45) is 2.00. The van der Waals surface area contributed by atoms with Crippen LogP contribution in [-0.2, 0) is 11.3 Å². The van der Waals surface area contributed by atoms with E-state index in [1.54, 1.807) is 16.2 Å². The van der Waals surface area contributed by atoms with Crippen LogP contribution in [0.3, 0.4) is 0 Å². The molecule has 1 fully saturated rings. The molecule has 1 saturated carbocycles. The largest absolute Gasteiger partial charge is 0.480 e. The number of carboxylic acids is 1. The molecule has 1 aliphatic carbocycles. The Bertz CT molecular complexity index is 429. The number of hydrogen-bond acceptors (Lipinski definition) is 3. The van der Waals surface area contributed by atoms with Crippen LogP contribution in [0.5, 0.6) is 0 Å². The molecule has 0 saturated heterocycles. The van der Waals surface area contributed by atoms with Gasteiger partial charge in [-0.2, -0.15) is 11.3 Å². The lowest BCUT2D eigenvalue weighted by molar-refractivity contribution is -0.138. The number of carbonyl (C=O) groups is 2. The molecule has 0 radical (unpaired) electrons. The second kappa shape index (κ2) is 5.39. The van der Waals surface area contributed by atoms with Gasteiger partial charge in [0.05, 0.1) is 0 Å². The SMILES string of the molecule is C[C@@H](NC(=O)N(Cc1ccsc1)C1CC1)C(=O)O. The van der Waals surface area contributed by atoms with E-state index in [0.29, 0.717) is 6.54 Å². The van der Waals surface area contributed by atoms with E-state index >= 15 is 0 Å². The molecule has 0 aromatic carbocycles. The number of rotatable bonds is 5. The smallest absolute Gasteiger partial charge is 0.325 e. The monoisotopic (exact) mass is 268 g/mol. The Balaban J connectivity index is 1.97. The average molecular weight is 268 g/mol. The molecule has 0 aliphatic heterocycles. The Hall–Kier alpha value is -1.56. The third-order valence-electron chi connectivity index (χ3n) is 2.89. The van der Waals surface area contributed by atoms with Crippen molar-refractivity contribution in [2.45, 2.75) is 38.4 Å². The summed E-state index contributed by atoms with van der Waals surface area (Å²) in [7, 11) is 0. The van der Waals surface area contributed by atoms with E-state index in [1.807, 2.05) is 16.8 Å². The van der Waals surface area contributed by atoms with Gasteiger partial charge in [-0.1, -0.05) is 0 Å². The van der Waals surface area contributed by atoms with Gasteiger partial charge in [-0.15, -0.1) is 0 Å². The number of thiophene rings is 1. The van der Waals surface area contributed by atoms with Crippen molar-refractivity contribution in [2.75, 3.05) is 0 Å². The van der Waals surface area contributed by atoms with Crippen molar-refractivity contribution >= 4 is 23.3 Å². The van der Waals surface area contributed by atoms with Gasteiger partial charge in [-0.25, -0.2) is 4.79 Å². The van der Waals surface area contributed by atoms with Gasteiger partial charge < -0.3 is 15.3 Å². The van der Waals surface area contributed by atoms with Crippen LogP contribution < -0.4 is 5.32 Å². The lowest BCUT2D eigenvalue weighted by atomic mass is 10.3. The number of nitrogens with one attached hydrogen (secondary N) is 1. The number of hydrogen-bond donors (Lipinski definition) is 2. The molecule has 1 atom stereocenters. The van der Waals surface area contributed by atoms with Crippen molar-refractivity contribution in [3.8, 4) is 0 Å². The molecule has 1 aromatic heterocycles. The van der Waals surface area contributed by atoms with Gasteiger partial charge in [-0.05, 0) is 42.2 Å². The predicted octanol–water partition coefficient (Wildman–Crippen LogP) is 1.90. The van der Waals surface area contributed by atoms with Crippen molar-refractivity contribution < 1.29 is 14.7 Å². The Labute approximate surface area is 109 Å². The average Bonchev–Trinajstić information content (AvgIpc) is 3.03. The van der Waals surface area contributed by atoms with Crippen molar-refractivity contribution in [3.63, 3.8) is 0 Å². The maximum atomic E-state index is 12.0. The first-order chi connectivity index (χ1) is 8.58. The van der Waals surface area contributed by atoms with E-state index in [4.69, 9.17) is 5.11 Å². The second-order valence-electron chi connectivity index (χ2n) is 4.50. The zero-order valence-corrected chi connectivity index (χ0v) is 10.9. The van der Waals surface area contributed by atoms with E-state index in [2.05, 4.69) is 5.32 Å². The first-order valence-electron chi connectivity index (χ1n) is 5.89. The maximum absolute atomic E-state index is 12.0. The highest BCUT2D eigenvalue weighted by Gasteiger charge is 2.33. The van der Waals surface area contributed by atoms with Crippen molar-refractivity contribution in [2.24, 2.45) is 0 Å². The third kappa shape index (κ3) is 3.22. The minimum Gasteiger partial charge on any atom is -0.480 e. The van der Waals surface area contributed by atoms with Crippen LogP contribution in [0.4, 0.5) is 4.79 Å². The summed E-state index contributed by atoms with van der Waals surface area (Å²) in [5.74, 6) is -1.02. The highest BCUT2D eigenvalue weighted by molar-refractivity contribution is 7.07. The van der Waals surface area contributed by atoms with E-state index < -0.39 is 12.0 Å². The lowest BCUT2D eigenvalue weighted by Crippen LogP contribution is -2.47. The molecule has 2 rings (SSSR count). The molecule has 0 spiro atoms. The molecule has 6 heteroatoms. The standard InChI is InChI=1S/C12H16N2O3S/c1-8(11(15)16)13-12(17)14(10-2-3-10)6-9-4-5-18-7-9/h4-5,7-8,10H,2-3,6H2,1H3,(H,13,17)(H,15,16)/t8-/m1/s1. The Kier molecular flexibility index (Phi) is 3.86. The van der Waals surface area contributed by atoms with E-state index in [9.17, 15) is 9.59 Å². The molecule has 2 amide bonds. The molecular weight excluding hydrogens is 252 g/mol. The Morgan fingerprint density at radius 3 is 2.83 bits per heavy atom. The molecule has 5 nitrogen and oxygen atoms in total. The van der Waals surface area contributed by atoms with Gasteiger partial charge in [0, 0.05) is 12.6 Å². The van der Waals surface area contributed by atoms with Gasteiger partial charge in [0.15, 0.2) is 0 Å². The molecular formula is C12H16N2O3S. The first kappa shape index (κ1) is 12.9. The van der Waals surface area contributed by atoms with E-state index in [1.165, 1.54) is 6.92 Å². The van der Waals surface area contributed by atoms with Crippen molar-refractivity contribution in [1.29, 1.82) is 0 Å². The first-order valence-corrected chi connectivity index (χ1v) is 6.83. The van der Waals surface area contributed by atoms with Gasteiger partial charge >= 0.3 is 12.0 Å². The number of carbonyl (C=O) groups excluding carboxylic acids is 1. The second-order valence-corrected chi connectivity index (χ2v) is 5.28. The van der Waals surface area contributed by atoms with Crippen LogP contribution in [0.15, 0.2) is 16.8 Å². The predicted molar refractivity (Wildman–Crippen MR) is 68.5 cm³/mol. The van der Waals surface area contributed by atoms with Crippen LogP contribution in [0.2, 0.25) is 0 Å². The van der Waals surface area contributed by atoms with Crippen LogP contribution >= 0.6 is 11.3 Å². The van der Waals surface area contributed by atoms with Gasteiger partial charge in [0.2, 0.25) is 0 Å². The fourth-order valence-electron chi connectivity index (χ4n) is 1.66. The molecule has 0 unspecified atom stereocenters. The zero-order valence-electron chi connectivity index (χ0n) is 10.1. The summed E-state index contributed by atoms with van der Waals surface area (Å²) in [4.78, 5) is 24.5. The fourth-order valence-corrected chi connectivity index (χ4v) is 2.32. The number of nitrogens with zero attached hydrogens (tertiary/aromatic N) is 1. The zero-order chi connectivity index (χ0) is 13.1. The molecule has 1 aromatic rings. The molecule has 98 valence electrons. The minimum atomic E-state index is -1.02. The van der Waals surface area contributed by atoms with Crippen molar-refractivity contribution in [1.82, 2.24) is 10.2 Å². The van der Waals surface area contributed by atoms with E-state index in [0.717, 1.165) is 18.4 Å². The Morgan fingerprint density at radius 1 is 1.61 bits per heavy atom. The quantitative estimate of drug-likeness (QED) is 0.857. The normalized spacial score (nSPS) is 16.1. The number of amides is 2. The van der Waals surface area contributed by atoms with Crippen LogP contribution in [0.25, 0.3) is 0 Å². The molecule has 2 N–H and O–H groups in total. The third-order valence-corrected chi connectivity index (χ3v) is 3.62. The lowest BCUT2D eigenvalue weighted by Gasteiger charge is -2.23. The molecule has 1 heterocycles. The summed E-state index contributed by atoms with van der Waals surface area (Å²) in [6.45, 7) is 2.02. The van der Waals surface area contributed by atoms with Gasteiger partial charge in [0.1, 0.15) is 6.04 Å². The molecule has 18 heavy (non-hydrogen) atoms. The van der Waals surface area contributed by atoms with Gasteiger partial charge in [0.25, 0.3) is 0 Å². The maximum Gasteiger partial charge on any atom is 0.325 e. The molecule has 1 aliphatic rings. The van der Waals surface area contributed by atoms with Crippen LogP contribution in [0.1, 0.15) is 25.3 Å². The summed E-state index contributed by atoms with van der Waals surface area (Å²) >= 11 is 1.59. The summed E-state index contributed by atoms with van der Waals surface area (Å²) in [5.41, 5.74) is 1.09. The van der Waals surface area contributed by atoms with Gasteiger partial charge in [-0.3, -0.25) is 4.79 Å². The topological polar surface area (TPSA) is 69.6 Å². The number of carboxylic acid groups (broad SMARTS) is 1. The summed E-state index contributed by atoms with van der Waals surface area (Å²) in [5, 5.41) is 15.3. The van der Waals surface area contributed by atoms with Crippen molar-refractivity contribution in [3.05, 3.63) is 22.4 Å².